The molecule has 3 aromatic rings. The van der Waals surface area contributed by atoms with Crippen LogP contribution in [0.1, 0.15) is 29.7 Å². The number of amides is 2. The van der Waals surface area contributed by atoms with Gasteiger partial charge in [0.25, 0.3) is 0 Å². The highest BCUT2D eigenvalue weighted by Crippen LogP contribution is 2.22. The summed E-state index contributed by atoms with van der Waals surface area (Å²) in [5, 5.41) is 5.57. The van der Waals surface area contributed by atoms with E-state index in [1.807, 2.05) is 85.8 Å². The van der Waals surface area contributed by atoms with E-state index in [1.54, 1.807) is 6.07 Å². The van der Waals surface area contributed by atoms with Crippen LogP contribution in [-0.2, 0) is 16.0 Å². The van der Waals surface area contributed by atoms with Gasteiger partial charge >= 0.3 is 11.8 Å². The first-order chi connectivity index (χ1) is 13.2. The predicted molar refractivity (Wildman–Crippen MR) is 107 cm³/mol. The molecule has 0 atom stereocenters. The number of aryl methyl sites for hydroxylation is 1. The Hall–Kier alpha value is -3.40. The van der Waals surface area contributed by atoms with Crippen molar-refractivity contribution in [1.29, 1.82) is 0 Å². The van der Waals surface area contributed by atoms with E-state index in [4.69, 9.17) is 0 Å². The molecule has 0 heterocycles. The number of hydrogen-bond acceptors (Lipinski definition) is 2. The topological polar surface area (TPSA) is 58.2 Å². The number of para-hydroxylation sites is 1. The van der Waals surface area contributed by atoms with Crippen molar-refractivity contribution < 1.29 is 9.59 Å². The standard InChI is InChI=1S/C23H22N2O2/c1-2-17-11-9-10-16-20(17)24-22(26)23(27)25-21(18-12-5-3-6-13-18)19-14-7-4-8-15-19/h3-16,21H,2H2,1H3,(H,24,26)(H,25,27). The zero-order chi connectivity index (χ0) is 19.1. The monoisotopic (exact) mass is 358 g/mol. The normalized spacial score (nSPS) is 10.4. The van der Waals surface area contributed by atoms with Gasteiger partial charge in [-0.1, -0.05) is 85.8 Å². The van der Waals surface area contributed by atoms with Crippen molar-refractivity contribution in [1.82, 2.24) is 5.32 Å². The molecule has 0 aromatic heterocycles. The maximum absolute atomic E-state index is 12.6. The third-order valence-electron chi connectivity index (χ3n) is 4.39. The van der Waals surface area contributed by atoms with E-state index in [9.17, 15) is 9.59 Å². The van der Waals surface area contributed by atoms with Crippen molar-refractivity contribution in [3.63, 3.8) is 0 Å². The second-order valence-corrected chi connectivity index (χ2v) is 6.19. The molecule has 0 radical (unpaired) electrons. The number of anilines is 1. The molecule has 136 valence electrons. The molecule has 0 aliphatic heterocycles. The van der Waals surface area contributed by atoms with Gasteiger partial charge < -0.3 is 10.6 Å². The third kappa shape index (κ3) is 4.61. The van der Waals surface area contributed by atoms with Gasteiger partial charge in [0.1, 0.15) is 0 Å². The van der Waals surface area contributed by atoms with E-state index >= 15 is 0 Å². The summed E-state index contributed by atoms with van der Waals surface area (Å²) in [6.07, 6.45) is 0.773. The molecule has 0 saturated carbocycles. The maximum atomic E-state index is 12.6. The van der Waals surface area contributed by atoms with Crippen LogP contribution in [0.15, 0.2) is 84.9 Å². The van der Waals surface area contributed by atoms with Gasteiger partial charge in [0.15, 0.2) is 0 Å². The number of nitrogens with one attached hydrogen (secondary N) is 2. The van der Waals surface area contributed by atoms with Gasteiger partial charge in [-0.05, 0) is 29.2 Å². The summed E-state index contributed by atoms with van der Waals surface area (Å²) >= 11 is 0. The lowest BCUT2D eigenvalue weighted by molar-refractivity contribution is -0.136. The first-order valence-corrected chi connectivity index (χ1v) is 8.98. The number of rotatable bonds is 5. The molecule has 0 aliphatic rings. The van der Waals surface area contributed by atoms with Crippen LogP contribution >= 0.6 is 0 Å². The Morgan fingerprint density at radius 1 is 0.741 bits per heavy atom. The van der Waals surface area contributed by atoms with Crippen LogP contribution < -0.4 is 10.6 Å². The Labute approximate surface area is 159 Å². The average molecular weight is 358 g/mol. The minimum atomic E-state index is -0.673. The molecule has 3 rings (SSSR count). The summed E-state index contributed by atoms with van der Waals surface area (Å²) in [6, 6.07) is 26.3. The fourth-order valence-electron chi connectivity index (χ4n) is 2.98. The molecule has 4 nitrogen and oxygen atoms in total. The largest absolute Gasteiger partial charge is 0.337 e. The molecule has 0 fully saturated rings. The highest BCUT2D eigenvalue weighted by atomic mass is 16.2. The molecule has 2 amide bonds. The molecule has 27 heavy (non-hydrogen) atoms. The van der Waals surface area contributed by atoms with Gasteiger partial charge in [0, 0.05) is 5.69 Å². The van der Waals surface area contributed by atoms with E-state index in [2.05, 4.69) is 10.6 Å². The number of carbonyl (C=O) groups is 2. The molecule has 4 heteroatoms. The van der Waals surface area contributed by atoms with Crippen LogP contribution in [0.3, 0.4) is 0 Å². The van der Waals surface area contributed by atoms with Crippen molar-refractivity contribution in [2.75, 3.05) is 5.32 Å². The molecule has 0 unspecified atom stereocenters. The van der Waals surface area contributed by atoms with E-state index in [0.29, 0.717) is 5.69 Å². The number of benzene rings is 3. The van der Waals surface area contributed by atoms with Crippen LogP contribution in [-0.4, -0.2) is 11.8 Å². The van der Waals surface area contributed by atoms with Gasteiger partial charge in [0.05, 0.1) is 6.04 Å². The van der Waals surface area contributed by atoms with Gasteiger partial charge in [-0.15, -0.1) is 0 Å². The zero-order valence-corrected chi connectivity index (χ0v) is 15.2. The predicted octanol–water partition coefficient (Wildman–Crippen LogP) is 4.09. The molecule has 0 bridgehead atoms. The molecule has 0 saturated heterocycles. The summed E-state index contributed by atoms with van der Waals surface area (Å²) < 4.78 is 0. The summed E-state index contributed by atoms with van der Waals surface area (Å²) in [4.78, 5) is 25.0. The average Bonchev–Trinajstić information content (AvgIpc) is 2.73. The zero-order valence-electron chi connectivity index (χ0n) is 15.2. The lowest BCUT2D eigenvalue weighted by atomic mass is 9.98. The summed E-state index contributed by atoms with van der Waals surface area (Å²) in [5.41, 5.74) is 3.48. The lowest BCUT2D eigenvalue weighted by Gasteiger charge is -2.20. The van der Waals surface area contributed by atoms with Crippen LogP contribution in [0, 0.1) is 0 Å². The van der Waals surface area contributed by atoms with Crippen LogP contribution in [0.2, 0.25) is 0 Å². The van der Waals surface area contributed by atoms with E-state index in [1.165, 1.54) is 0 Å². The van der Waals surface area contributed by atoms with E-state index < -0.39 is 17.9 Å². The smallest absolute Gasteiger partial charge is 0.313 e. The van der Waals surface area contributed by atoms with E-state index in [-0.39, 0.29) is 0 Å². The van der Waals surface area contributed by atoms with Gasteiger partial charge in [0.2, 0.25) is 0 Å². The fraction of sp³-hybridized carbons (Fsp3) is 0.130. The Kier molecular flexibility index (Phi) is 6.00. The molecule has 3 aromatic carbocycles. The summed E-state index contributed by atoms with van der Waals surface area (Å²) in [5.74, 6) is -1.34. The van der Waals surface area contributed by atoms with Crippen molar-refractivity contribution in [3.8, 4) is 0 Å². The van der Waals surface area contributed by atoms with Gasteiger partial charge in [-0.3, -0.25) is 9.59 Å². The summed E-state index contributed by atoms with van der Waals surface area (Å²) in [6.45, 7) is 2.01. The van der Waals surface area contributed by atoms with Gasteiger partial charge in [-0.2, -0.15) is 0 Å². The maximum Gasteiger partial charge on any atom is 0.313 e. The first-order valence-electron chi connectivity index (χ1n) is 8.98. The van der Waals surface area contributed by atoms with Crippen LogP contribution in [0.25, 0.3) is 0 Å². The van der Waals surface area contributed by atoms with Crippen LogP contribution in [0.4, 0.5) is 5.69 Å². The molecular formula is C23H22N2O2. The van der Waals surface area contributed by atoms with Crippen molar-refractivity contribution in [2.24, 2.45) is 0 Å². The lowest BCUT2D eigenvalue weighted by Crippen LogP contribution is -2.38. The van der Waals surface area contributed by atoms with Crippen molar-refractivity contribution in [2.45, 2.75) is 19.4 Å². The SMILES string of the molecule is CCc1ccccc1NC(=O)C(=O)NC(c1ccccc1)c1ccccc1. The summed E-state index contributed by atoms with van der Waals surface area (Å²) in [7, 11) is 0. The fourth-order valence-corrected chi connectivity index (χ4v) is 2.98. The van der Waals surface area contributed by atoms with Crippen molar-refractivity contribution in [3.05, 3.63) is 102 Å². The molecule has 2 N–H and O–H groups in total. The third-order valence-corrected chi connectivity index (χ3v) is 4.39. The first kappa shape index (κ1) is 18.4. The number of hydrogen-bond donors (Lipinski definition) is 2. The van der Waals surface area contributed by atoms with Gasteiger partial charge in [-0.25, -0.2) is 0 Å². The second kappa shape index (κ2) is 8.81. The Morgan fingerprint density at radius 2 is 1.26 bits per heavy atom. The molecule has 0 aliphatic carbocycles. The number of carbonyl (C=O) groups excluding carboxylic acids is 2. The Morgan fingerprint density at radius 3 is 1.81 bits per heavy atom. The highest BCUT2D eigenvalue weighted by Gasteiger charge is 2.21. The highest BCUT2D eigenvalue weighted by molar-refractivity contribution is 6.39. The molecular weight excluding hydrogens is 336 g/mol. The second-order valence-electron chi connectivity index (χ2n) is 6.19. The minimum Gasteiger partial charge on any atom is -0.337 e. The Balaban J connectivity index is 1.79. The minimum absolute atomic E-state index is 0.396. The van der Waals surface area contributed by atoms with Crippen molar-refractivity contribution >= 4 is 17.5 Å². The van der Waals surface area contributed by atoms with E-state index in [0.717, 1.165) is 23.1 Å². The quantitative estimate of drug-likeness (QED) is 0.675. The Bertz CT molecular complexity index is 868. The van der Waals surface area contributed by atoms with Crippen LogP contribution in [0.5, 0.6) is 0 Å². The molecule has 0 spiro atoms.